The Bertz CT molecular complexity index is 811. The third-order valence-corrected chi connectivity index (χ3v) is 5.65. The largest absolute Gasteiger partial charge is 0.299 e. The molecule has 0 radical (unpaired) electrons. The second-order valence-corrected chi connectivity index (χ2v) is 7.25. The van der Waals surface area contributed by atoms with Crippen LogP contribution in [0.5, 0.6) is 0 Å². The van der Waals surface area contributed by atoms with E-state index in [2.05, 4.69) is 36.2 Å². The molecule has 0 saturated heterocycles. The van der Waals surface area contributed by atoms with Crippen LogP contribution >= 0.6 is 0 Å². The summed E-state index contributed by atoms with van der Waals surface area (Å²) in [7, 11) is 2.18. The van der Waals surface area contributed by atoms with Gasteiger partial charge >= 0.3 is 0 Å². The Labute approximate surface area is 154 Å². The van der Waals surface area contributed by atoms with E-state index >= 15 is 0 Å². The molecule has 0 bridgehead atoms. The average molecular weight is 348 g/mol. The van der Waals surface area contributed by atoms with E-state index in [0.29, 0.717) is 23.7 Å². The molecule has 1 heterocycles. The first-order chi connectivity index (χ1) is 12.7. The van der Waals surface area contributed by atoms with Crippen LogP contribution < -0.4 is 0 Å². The summed E-state index contributed by atoms with van der Waals surface area (Å²) in [6.45, 7) is 1.48. The summed E-state index contributed by atoms with van der Waals surface area (Å²) in [5.41, 5.74) is 4.00. The van der Waals surface area contributed by atoms with E-state index in [-0.39, 0.29) is 11.8 Å². The summed E-state index contributed by atoms with van der Waals surface area (Å²) >= 11 is 0. The number of imide groups is 1. The van der Waals surface area contributed by atoms with Crippen molar-refractivity contribution in [3.63, 3.8) is 0 Å². The molecule has 0 fully saturated rings. The van der Waals surface area contributed by atoms with Gasteiger partial charge in [0.05, 0.1) is 11.1 Å². The van der Waals surface area contributed by atoms with Crippen LogP contribution in [-0.4, -0.2) is 41.8 Å². The van der Waals surface area contributed by atoms with Crippen LogP contribution in [0.4, 0.5) is 0 Å². The number of fused-ring (bicyclic) bond motifs is 2. The van der Waals surface area contributed by atoms with Gasteiger partial charge in [0.25, 0.3) is 11.8 Å². The van der Waals surface area contributed by atoms with E-state index in [1.54, 1.807) is 12.1 Å². The lowest BCUT2D eigenvalue weighted by molar-refractivity contribution is 0.0650. The second-order valence-electron chi connectivity index (χ2n) is 7.25. The summed E-state index contributed by atoms with van der Waals surface area (Å²) in [5.74, 6) is -0.299. The first-order valence-electron chi connectivity index (χ1n) is 9.40. The van der Waals surface area contributed by atoms with Gasteiger partial charge in [-0.2, -0.15) is 0 Å². The molecule has 1 aliphatic carbocycles. The maximum absolute atomic E-state index is 12.4. The van der Waals surface area contributed by atoms with Crippen molar-refractivity contribution in [3.8, 4) is 0 Å². The minimum atomic E-state index is -0.149. The SMILES string of the molecule is CN(CCCCN1C(=O)c2ccccc2C1=O)C1CCc2ccccc21. The molecular formula is C22H24N2O2. The van der Waals surface area contributed by atoms with Gasteiger partial charge in [0, 0.05) is 12.6 Å². The van der Waals surface area contributed by atoms with Gasteiger partial charge in [0.15, 0.2) is 0 Å². The fourth-order valence-electron chi connectivity index (χ4n) is 4.22. The molecule has 0 spiro atoms. The molecule has 0 N–H and O–H groups in total. The Morgan fingerprint density at radius 1 is 0.962 bits per heavy atom. The van der Waals surface area contributed by atoms with Crippen LogP contribution in [0.3, 0.4) is 0 Å². The number of carbonyl (C=O) groups excluding carboxylic acids is 2. The summed E-state index contributed by atoms with van der Waals surface area (Å²) in [5, 5.41) is 0. The third-order valence-electron chi connectivity index (χ3n) is 5.65. The zero-order valence-corrected chi connectivity index (χ0v) is 15.1. The van der Waals surface area contributed by atoms with E-state index < -0.39 is 0 Å². The topological polar surface area (TPSA) is 40.6 Å². The van der Waals surface area contributed by atoms with Crippen LogP contribution in [0.2, 0.25) is 0 Å². The van der Waals surface area contributed by atoms with Crippen molar-refractivity contribution < 1.29 is 9.59 Å². The lowest BCUT2D eigenvalue weighted by Gasteiger charge is -2.25. The van der Waals surface area contributed by atoms with Crippen LogP contribution in [0.1, 0.15) is 57.1 Å². The van der Waals surface area contributed by atoms with Crippen molar-refractivity contribution in [2.24, 2.45) is 0 Å². The van der Waals surface area contributed by atoms with E-state index in [0.717, 1.165) is 25.8 Å². The Morgan fingerprint density at radius 2 is 1.62 bits per heavy atom. The molecular weight excluding hydrogens is 324 g/mol. The lowest BCUT2D eigenvalue weighted by atomic mass is 10.1. The molecule has 4 rings (SSSR count). The van der Waals surface area contributed by atoms with Gasteiger partial charge in [-0.25, -0.2) is 0 Å². The zero-order chi connectivity index (χ0) is 18.1. The number of benzene rings is 2. The van der Waals surface area contributed by atoms with Crippen molar-refractivity contribution in [2.45, 2.75) is 31.7 Å². The molecule has 1 aliphatic heterocycles. The van der Waals surface area contributed by atoms with Crippen LogP contribution in [0.15, 0.2) is 48.5 Å². The molecule has 134 valence electrons. The molecule has 2 aromatic rings. The third kappa shape index (κ3) is 2.95. The molecule has 2 amide bonds. The predicted molar refractivity (Wildman–Crippen MR) is 101 cm³/mol. The Kier molecular flexibility index (Phi) is 4.60. The number of rotatable bonds is 6. The molecule has 4 nitrogen and oxygen atoms in total. The van der Waals surface area contributed by atoms with E-state index in [1.807, 2.05) is 12.1 Å². The van der Waals surface area contributed by atoms with Crippen molar-refractivity contribution in [2.75, 3.05) is 20.1 Å². The van der Waals surface area contributed by atoms with E-state index in [4.69, 9.17) is 0 Å². The maximum Gasteiger partial charge on any atom is 0.261 e. The maximum atomic E-state index is 12.4. The Hall–Kier alpha value is -2.46. The van der Waals surface area contributed by atoms with Gasteiger partial charge < -0.3 is 0 Å². The molecule has 26 heavy (non-hydrogen) atoms. The normalized spacial score (nSPS) is 18.5. The molecule has 2 aliphatic rings. The van der Waals surface area contributed by atoms with E-state index in [9.17, 15) is 9.59 Å². The summed E-state index contributed by atoms with van der Waals surface area (Å²) < 4.78 is 0. The molecule has 0 saturated carbocycles. The minimum absolute atomic E-state index is 0.149. The van der Waals surface area contributed by atoms with Gasteiger partial charge in [-0.1, -0.05) is 36.4 Å². The van der Waals surface area contributed by atoms with Crippen molar-refractivity contribution >= 4 is 11.8 Å². The van der Waals surface area contributed by atoms with Crippen LogP contribution in [0, 0.1) is 0 Å². The smallest absolute Gasteiger partial charge is 0.261 e. The monoisotopic (exact) mass is 348 g/mol. The average Bonchev–Trinajstić information content (AvgIpc) is 3.20. The highest BCUT2D eigenvalue weighted by Gasteiger charge is 2.34. The fraction of sp³-hybridized carbons (Fsp3) is 0.364. The number of hydrogen-bond donors (Lipinski definition) is 0. The summed E-state index contributed by atoms with van der Waals surface area (Å²) in [6, 6.07) is 16.3. The second kappa shape index (κ2) is 7.04. The van der Waals surface area contributed by atoms with Gasteiger partial charge in [0.1, 0.15) is 0 Å². The molecule has 2 aromatic carbocycles. The summed E-state index contributed by atoms with van der Waals surface area (Å²) in [6.07, 6.45) is 4.14. The highest BCUT2D eigenvalue weighted by atomic mass is 16.2. The predicted octanol–water partition coefficient (Wildman–Crippen LogP) is 3.68. The van der Waals surface area contributed by atoms with E-state index in [1.165, 1.54) is 22.4 Å². The molecule has 0 aromatic heterocycles. The lowest BCUT2D eigenvalue weighted by Crippen LogP contribution is -2.31. The Balaban J connectivity index is 1.29. The number of amides is 2. The number of hydrogen-bond acceptors (Lipinski definition) is 3. The molecule has 1 unspecified atom stereocenters. The van der Waals surface area contributed by atoms with Crippen molar-refractivity contribution in [3.05, 3.63) is 70.8 Å². The van der Waals surface area contributed by atoms with Crippen LogP contribution in [-0.2, 0) is 6.42 Å². The van der Waals surface area contributed by atoms with Crippen molar-refractivity contribution in [1.29, 1.82) is 0 Å². The number of carbonyl (C=O) groups is 2. The standard InChI is InChI=1S/C22H24N2O2/c1-23(20-13-12-16-8-2-3-9-17(16)20)14-6-7-15-24-21(25)18-10-4-5-11-19(18)22(24)26/h2-5,8-11,20H,6-7,12-15H2,1H3. The molecule has 4 heteroatoms. The highest BCUT2D eigenvalue weighted by Crippen LogP contribution is 2.34. The van der Waals surface area contributed by atoms with Crippen molar-refractivity contribution in [1.82, 2.24) is 9.80 Å². The first kappa shape index (κ1) is 17.0. The fourth-order valence-corrected chi connectivity index (χ4v) is 4.22. The Morgan fingerprint density at radius 3 is 2.35 bits per heavy atom. The van der Waals surface area contributed by atoms with Gasteiger partial charge in [-0.15, -0.1) is 0 Å². The molecule has 1 atom stereocenters. The number of nitrogens with zero attached hydrogens (tertiary/aromatic N) is 2. The number of unbranched alkanes of at least 4 members (excludes halogenated alkanes) is 1. The highest BCUT2D eigenvalue weighted by molar-refractivity contribution is 6.21. The van der Waals surface area contributed by atoms with Gasteiger partial charge in [-0.05, 0) is 62.5 Å². The summed E-state index contributed by atoms with van der Waals surface area (Å²) in [4.78, 5) is 28.6. The van der Waals surface area contributed by atoms with Crippen LogP contribution in [0.25, 0.3) is 0 Å². The van der Waals surface area contributed by atoms with Gasteiger partial charge in [0.2, 0.25) is 0 Å². The zero-order valence-electron chi connectivity index (χ0n) is 15.1. The van der Waals surface area contributed by atoms with Gasteiger partial charge in [-0.3, -0.25) is 19.4 Å². The minimum Gasteiger partial charge on any atom is -0.299 e. The first-order valence-corrected chi connectivity index (χ1v) is 9.40. The quantitative estimate of drug-likeness (QED) is 0.591. The number of aryl methyl sites for hydroxylation is 1.